The number of hydrazone groups is 1. The van der Waals surface area contributed by atoms with E-state index in [4.69, 9.17) is 4.74 Å². The fourth-order valence-corrected chi connectivity index (χ4v) is 6.05. The fraction of sp³-hybridized carbons (Fsp3) is 0.0938. The first-order valence-electron chi connectivity index (χ1n) is 13.0. The van der Waals surface area contributed by atoms with Crippen LogP contribution in [0.25, 0.3) is 21.5 Å². The summed E-state index contributed by atoms with van der Waals surface area (Å²) in [6.07, 6.45) is 1.58. The molecule has 2 N–H and O–H groups in total. The summed E-state index contributed by atoms with van der Waals surface area (Å²) < 4.78 is 33.7. The number of sulfonamides is 1. The van der Waals surface area contributed by atoms with Crippen molar-refractivity contribution < 1.29 is 22.7 Å². The van der Waals surface area contributed by atoms with E-state index in [-0.39, 0.29) is 16.5 Å². The summed E-state index contributed by atoms with van der Waals surface area (Å²) in [5.74, 6) is -0.378. The number of carbonyl (C=O) groups excluding carboxylic acids is 2. The van der Waals surface area contributed by atoms with Crippen LogP contribution < -0.4 is 19.8 Å². The maximum atomic E-state index is 13.7. The SMILES string of the molecule is COc1ccc(N(CC(=O)NN=Cc2c3ccccc3cc3ccccc23)S(=O)(=O)c2ccc(NC(C)=O)cc2)cc1. The molecule has 0 radical (unpaired) electrons. The molecule has 10 heteroatoms. The summed E-state index contributed by atoms with van der Waals surface area (Å²) >= 11 is 0. The van der Waals surface area contributed by atoms with Gasteiger partial charge in [0.15, 0.2) is 0 Å². The Morgan fingerprint density at radius 3 is 2.02 bits per heavy atom. The van der Waals surface area contributed by atoms with E-state index in [1.54, 1.807) is 30.5 Å². The van der Waals surface area contributed by atoms with Gasteiger partial charge in [-0.15, -0.1) is 0 Å². The Morgan fingerprint density at radius 2 is 1.45 bits per heavy atom. The molecule has 0 fully saturated rings. The highest BCUT2D eigenvalue weighted by atomic mass is 32.2. The van der Waals surface area contributed by atoms with E-state index in [2.05, 4.69) is 21.9 Å². The Kier molecular flexibility index (Phi) is 8.16. The van der Waals surface area contributed by atoms with Crippen LogP contribution in [-0.4, -0.2) is 40.1 Å². The van der Waals surface area contributed by atoms with Crippen molar-refractivity contribution in [1.82, 2.24) is 5.43 Å². The van der Waals surface area contributed by atoms with Crippen LogP contribution in [-0.2, 0) is 19.6 Å². The van der Waals surface area contributed by atoms with E-state index < -0.39 is 22.5 Å². The minimum absolute atomic E-state index is 0.0500. The number of carbonyl (C=O) groups is 2. The van der Waals surface area contributed by atoms with Gasteiger partial charge in [0, 0.05) is 18.2 Å². The molecular weight excluding hydrogens is 552 g/mol. The summed E-state index contributed by atoms with van der Waals surface area (Å²) in [5.41, 5.74) is 4.04. The maximum Gasteiger partial charge on any atom is 0.264 e. The molecule has 0 heterocycles. The third kappa shape index (κ3) is 6.08. The molecule has 5 rings (SSSR count). The lowest BCUT2D eigenvalue weighted by Gasteiger charge is -2.24. The van der Waals surface area contributed by atoms with Crippen LogP contribution >= 0.6 is 0 Å². The van der Waals surface area contributed by atoms with Gasteiger partial charge >= 0.3 is 0 Å². The highest BCUT2D eigenvalue weighted by Crippen LogP contribution is 2.28. The van der Waals surface area contributed by atoms with Gasteiger partial charge in [0.1, 0.15) is 12.3 Å². The van der Waals surface area contributed by atoms with Crippen molar-refractivity contribution in [1.29, 1.82) is 0 Å². The molecule has 0 spiro atoms. The quantitative estimate of drug-likeness (QED) is 0.139. The zero-order valence-corrected chi connectivity index (χ0v) is 23.8. The van der Waals surface area contributed by atoms with Crippen molar-refractivity contribution >= 4 is 61.0 Å². The van der Waals surface area contributed by atoms with Gasteiger partial charge in [0.25, 0.3) is 15.9 Å². The Bertz CT molecular complexity index is 1850. The summed E-state index contributed by atoms with van der Waals surface area (Å²) in [6.45, 7) is 0.829. The summed E-state index contributed by atoms with van der Waals surface area (Å²) in [4.78, 5) is 24.4. The second-order valence-corrected chi connectivity index (χ2v) is 11.3. The van der Waals surface area contributed by atoms with E-state index in [9.17, 15) is 18.0 Å². The molecule has 0 bridgehead atoms. The molecule has 0 atom stereocenters. The molecule has 42 heavy (non-hydrogen) atoms. The van der Waals surface area contributed by atoms with Crippen molar-refractivity contribution in [3.8, 4) is 5.75 Å². The van der Waals surface area contributed by atoms with Gasteiger partial charge in [-0.2, -0.15) is 5.10 Å². The third-order valence-electron chi connectivity index (χ3n) is 6.61. The van der Waals surface area contributed by atoms with Crippen molar-refractivity contribution in [3.05, 3.63) is 109 Å². The average Bonchev–Trinajstić information content (AvgIpc) is 2.99. The highest BCUT2D eigenvalue weighted by molar-refractivity contribution is 7.92. The molecular formula is C32H28N4O5S. The molecule has 0 unspecified atom stereocenters. The van der Waals surface area contributed by atoms with E-state index >= 15 is 0 Å². The van der Waals surface area contributed by atoms with Crippen molar-refractivity contribution in [2.45, 2.75) is 11.8 Å². The topological polar surface area (TPSA) is 117 Å². The third-order valence-corrected chi connectivity index (χ3v) is 8.39. The molecule has 5 aromatic rings. The zero-order valence-electron chi connectivity index (χ0n) is 22.9. The van der Waals surface area contributed by atoms with Crippen LogP contribution in [0.1, 0.15) is 12.5 Å². The number of hydrogen-bond donors (Lipinski definition) is 2. The number of nitrogens with zero attached hydrogens (tertiary/aromatic N) is 2. The summed E-state index contributed by atoms with van der Waals surface area (Å²) in [6, 6.07) is 29.9. The zero-order chi connectivity index (χ0) is 29.7. The number of anilines is 2. The van der Waals surface area contributed by atoms with Crippen molar-refractivity contribution in [3.63, 3.8) is 0 Å². The van der Waals surface area contributed by atoms with E-state index in [1.165, 1.54) is 38.3 Å². The predicted octanol–water partition coefficient (Wildman–Crippen LogP) is 5.31. The fourth-order valence-electron chi connectivity index (χ4n) is 4.63. The number of amides is 2. The minimum Gasteiger partial charge on any atom is -0.497 e. The number of methoxy groups -OCH3 is 1. The van der Waals surface area contributed by atoms with Crippen molar-refractivity contribution in [2.75, 3.05) is 23.3 Å². The molecule has 212 valence electrons. The van der Waals surface area contributed by atoms with E-state index in [0.717, 1.165) is 31.4 Å². The van der Waals surface area contributed by atoms with Gasteiger partial charge in [0.2, 0.25) is 5.91 Å². The standard InChI is InChI=1S/C32H28N4O5S/c1-22(37)34-25-11-17-28(18-12-25)42(39,40)36(26-13-15-27(41-2)16-14-26)21-32(38)35-33-20-31-29-9-5-3-7-23(29)19-24-8-4-6-10-30(24)31/h3-20H,21H2,1-2H3,(H,34,37)(H,35,38). The van der Waals surface area contributed by atoms with Gasteiger partial charge < -0.3 is 10.1 Å². The lowest BCUT2D eigenvalue weighted by Crippen LogP contribution is -2.39. The predicted molar refractivity (Wildman–Crippen MR) is 165 cm³/mol. The van der Waals surface area contributed by atoms with Gasteiger partial charge in [-0.05, 0) is 76.1 Å². The van der Waals surface area contributed by atoms with Crippen LogP contribution in [0.5, 0.6) is 5.75 Å². The molecule has 2 amide bonds. The first kappa shape index (κ1) is 28.3. The minimum atomic E-state index is -4.18. The lowest BCUT2D eigenvalue weighted by molar-refractivity contribution is -0.119. The molecule has 0 aromatic heterocycles. The van der Waals surface area contributed by atoms with Crippen LogP contribution in [0.15, 0.2) is 113 Å². The summed E-state index contributed by atoms with van der Waals surface area (Å²) in [7, 11) is -2.68. The second-order valence-electron chi connectivity index (χ2n) is 9.44. The van der Waals surface area contributed by atoms with Crippen LogP contribution in [0.4, 0.5) is 11.4 Å². The number of rotatable bonds is 9. The highest BCUT2D eigenvalue weighted by Gasteiger charge is 2.27. The molecule has 0 saturated carbocycles. The molecule has 5 aromatic carbocycles. The molecule has 0 aliphatic carbocycles. The summed E-state index contributed by atoms with van der Waals surface area (Å²) in [5, 5.41) is 10.8. The van der Waals surface area contributed by atoms with Gasteiger partial charge in [-0.25, -0.2) is 13.8 Å². The number of ether oxygens (including phenoxy) is 1. The van der Waals surface area contributed by atoms with Gasteiger partial charge in [-0.1, -0.05) is 48.5 Å². The molecule has 0 saturated heterocycles. The molecule has 9 nitrogen and oxygen atoms in total. The smallest absolute Gasteiger partial charge is 0.264 e. The first-order chi connectivity index (χ1) is 20.3. The maximum absolute atomic E-state index is 13.7. The Labute approximate surface area is 243 Å². The first-order valence-corrected chi connectivity index (χ1v) is 14.5. The van der Waals surface area contributed by atoms with Crippen LogP contribution in [0.2, 0.25) is 0 Å². The largest absolute Gasteiger partial charge is 0.497 e. The average molecular weight is 581 g/mol. The Balaban J connectivity index is 1.43. The number of fused-ring (bicyclic) bond motifs is 2. The molecule has 0 aliphatic rings. The lowest BCUT2D eigenvalue weighted by atomic mass is 9.97. The van der Waals surface area contributed by atoms with Gasteiger partial charge in [0.05, 0.1) is 23.9 Å². The van der Waals surface area contributed by atoms with Crippen molar-refractivity contribution in [2.24, 2.45) is 5.10 Å². The molecule has 0 aliphatic heterocycles. The monoisotopic (exact) mass is 580 g/mol. The Morgan fingerprint density at radius 1 is 0.857 bits per heavy atom. The van der Waals surface area contributed by atoms with Crippen LogP contribution in [0, 0.1) is 0 Å². The Hall–Kier alpha value is -5.22. The second kappa shape index (κ2) is 12.1. The van der Waals surface area contributed by atoms with E-state index in [0.29, 0.717) is 11.4 Å². The normalized spacial score (nSPS) is 11.5. The number of nitrogens with one attached hydrogen (secondary N) is 2. The van der Waals surface area contributed by atoms with Gasteiger partial charge in [-0.3, -0.25) is 13.9 Å². The van der Waals surface area contributed by atoms with Crippen LogP contribution in [0.3, 0.4) is 0 Å². The number of benzene rings is 5. The van der Waals surface area contributed by atoms with E-state index in [1.807, 2.05) is 48.5 Å². The number of hydrogen-bond acceptors (Lipinski definition) is 6.